The Morgan fingerprint density at radius 3 is 1.15 bits per heavy atom. The van der Waals surface area contributed by atoms with E-state index in [-0.39, 0.29) is 11.7 Å². The number of anilines is 1. The van der Waals surface area contributed by atoms with Gasteiger partial charge in [-0.3, -0.25) is 15.7 Å². The van der Waals surface area contributed by atoms with Gasteiger partial charge in [-0.1, -0.05) is 140 Å². The van der Waals surface area contributed by atoms with E-state index in [0.717, 1.165) is 39.2 Å². The number of benzene rings is 8. The van der Waals surface area contributed by atoms with E-state index in [1.807, 2.05) is 72.8 Å². The van der Waals surface area contributed by atoms with E-state index in [1.165, 1.54) is 43.4 Å². The molecule has 0 radical (unpaired) electrons. The minimum Gasteiger partial charge on any atom is -0.309 e. The summed E-state index contributed by atoms with van der Waals surface area (Å²) >= 11 is 0. The molecule has 10 rings (SSSR count). The molecule has 0 fully saturated rings. The fraction of sp³-hybridized carbons (Fsp3) is 0. The Bertz CT molecular complexity index is 2960. The Balaban J connectivity index is 1.20. The van der Waals surface area contributed by atoms with Crippen molar-refractivity contribution in [2.45, 2.75) is 0 Å². The monoisotopic (exact) mass is 679 g/mol. The van der Waals surface area contributed by atoms with E-state index >= 15 is 0 Å². The SMILES string of the molecule is N=C(c1ccccc1)N(C(=N)c1ccccc1)c1ccc(-n2c3ccccc3c3ccc4c(ccc5c6ccccc6n(-c6ccccc6)c54)c32)cc1. The molecule has 250 valence electrons. The maximum absolute atomic E-state index is 9.27. The molecule has 2 aromatic heterocycles. The third-order valence-electron chi connectivity index (χ3n) is 10.4. The molecule has 0 saturated heterocycles. The highest BCUT2D eigenvalue weighted by molar-refractivity contribution is 6.28. The standard InChI is InChI=1S/C48H33N5/c49-47(32-14-4-1-5-15-32)53(48(50)33-16-6-2-7-17-33)36-26-24-35(25-27-36)52-44-23-13-11-21-38(44)40-29-30-41-42(46(40)52)31-28-39-37-20-10-12-22-43(37)51(45(39)41)34-18-8-3-9-19-34/h1-31,49-50H. The second kappa shape index (κ2) is 12.2. The van der Waals surface area contributed by atoms with Crippen LogP contribution < -0.4 is 4.90 Å². The number of fused-ring (bicyclic) bond motifs is 9. The predicted molar refractivity (Wildman–Crippen MR) is 222 cm³/mol. The first-order valence-corrected chi connectivity index (χ1v) is 17.8. The molecule has 5 nitrogen and oxygen atoms in total. The molecule has 53 heavy (non-hydrogen) atoms. The summed E-state index contributed by atoms with van der Waals surface area (Å²) in [7, 11) is 0. The quantitative estimate of drug-likeness (QED) is 0.138. The van der Waals surface area contributed by atoms with Gasteiger partial charge in [-0.2, -0.15) is 0 Å². The van der Waals surface area contributed by atoms with Crippen LogP contribution in [0.25, 0.3) is 65.8 Å². The van der Waals surface area contributed by atoms with Gasteiger partial charge in [0.2, 0.25) is 0 Å². The maximum atomic E-state index is 9.27. The van der Waals surface area contributed by atoms with Gasteiger partial charge in [-0.05, 0) is 48.5 Å². The highest BCUT2D eigenvalue weighted by atomic mass is 15.2. The van der Waals surface area contributed by atoms with Crippen molar-refractivity contribution in [1.29, 1.82) is 10.8 Å². The van der Waals surface area contributed by atoms with Crippen molar-refractivity contribution in [3.8, 4) is 11.4 Å². The second-order valence-electron chi connectivity index (χ2n) is 13.3. The topological polar surface area (TPSA) is 60.8 Å². The van der Waals surface area contributed by atoms with Crippen LogP contribution in [0.5, 0.6) is 0 Å². The Kier molecular flexibility index (Phi) is 7.05. The van der Waals surface area contributed by atoms with Crippen molar-refractivity contribution in [1.82, 2.24) is 9.13 Å². The van der Waals surface area contributed by atoms with Crippen LogP contribution in [0.3, 0.4) is 0 Å². The fourth-order valence-electron chi connectivity index (χ4n) is 8.01. The smallest absolute Gasteiger partial charge is 0.138 e. The normalized spacial score (nSPS) is 11.5. The van der Waals surface area contributed by atoms with Gasteiger partial charge in [0.1, 0.15) is 11.7 Å². The molecule has 0 aliphatic rings. The highest BCUT2D eigenvalue weighted by Crippen LogP contribution is 2.42. The molecule has 0 atom stereocenters. The van der Waals surface area contributed by atoms with Crippen molar-refractivity contribution in [2.75, 3.05) is 4.90 Å². The van der Waals surface area contributed by atoms with Gasteiger partial charge in [-0.15, -0.1) is 0 Å². The fourth-order valence-corrected chi connectivity index (χ4v) is 8.01. The molecule has 2 heterocycles. The zero-order valence-corrected chi connectivity index (χ0v) is 28.7. The average molecular weight is 680 g/mol. The molecule has 0 unspecified atom stereocenters. The number of nitrogens with one attached hydrogen (secondary N) is 2. The van der Waals surface area contributed by atoms with Crippen LogP contribution in [0.4, 0.5) is 5.69 Å². The molecule has 0 saturated carbocycles. The number of nitrogens with zero attached hydrogens (tertiary/aromatic N) is 3. The molecular weight excluding hydrogens is 647 g/mol. The number of rotatable bonds is 5. The number of para-hydroxylation sites is 3. The Morgan fingerprint density at radius 1 is 0.340 bits per heavy atom. The van der Waals surface area contributed by atoms with Gasteiger partial charge in [0, 0.05) is 60.5 Å². The minimum atomic E-state index is 0.243. The van der Waals surface area contributed by atoms with Gasteiger partial charge >= 0.3 is 0 Å². The van der Waals surface area contributed by atoms with Gasteiger partial charge in [0.25, 0.3) is 0 Å². The molecule has 2 N–H and O–H groups in total. The first-order chi connectivity index (χ1) is 26.2. The molecule has 0 aliphatic carbocycles. The predicted octanol–water partition coefficient (Wildman–Crippen LogP) is 11.9. The Hall–Kier alpha value is -7.24. The maximum Gasteiger partial charge on any atom is 0.138 e. The third kappa shape index (κ3) is 4.79. The summed E-state index contributed by atoms with van der Waals surface area (Å²) in [5, 5.41) is 25.7. The zero-order valence-electron chi connectivity index (χ0n) is 28.7. The molecule has 10 aromatic rings. The van der Waals surface area contributed by atoms with Crippen molar-refractivity contribution in [3.05, 3.63) is 199 Å². The first kappa shape index (κ1) is 30.6. The van der Waals surface area contributed by atoms with E-state index < -0.39 is 0 Å². The van der Waals surface area contributed by atoms with Crippen LogP contribution in [0.2, 0.25) is 0 Å². The van der Waals surface area contributed by atoms with Gasteiger partial charge < -0.3 is 9.13 Å². The lowest BCUT2D eigenvalue weighted by Gasteiger charge is -2.26. The molecular formula is C48H33N5. The minimum absolute atomic E-state index is 0.243. The Morgan fingerprint density at radius 2 is 0.698 bits per heavy atom. The lowest BCUT2D eigenvalue weighted by atomic mass is 10.0. The van der Waals surface area contributed by atoms with Crippen LogP contribution in [0, 0.1) is 10.8 Å². The molecule has 5 heteroatoms. The summed E-state index contributed by atoms with van der Waals surface area (Å²) in [6.07, 6.45) is 0. The van der Waals surface area contributed by atoms with Crippen molar-refractivity contribution < 1.29 is 0 Å². The summed E-state index contributed by atoms with van der Waals surface area (Å²) < 4.78 is 4.77. The van der Waals surface area contributed by atoms with E-state index in [2.05, 4.69) is 124 Å². The van der Waals surface area contributed by atoms with Crippen molar-refractivity contribution in [2.24, 2.45) is 0 Å². The Labute approximate surface area is 306 Å². The lowest BCUT2D eigenvalue weighted by Crippen LogP contribution is -2.37. The largest absolute Gasteiger partial charge is 0.309 e. The van der Waals surface area contributed by atoms with Crippen molar-refractivity contribution >= 4 is 71.7 Å². The van der Waals surface area contributed by atoms with E-state index in [0.29, 0.717) is 0 Å². The van der Waals surface area contributed by atoms with Crippen LogP contribution in [0.15, 0.2) is 188 Å². The molecule has 8 aromatic carbocycles. The van der Waals surface area contributed by atoms with Gasteiger partial charge in [-0.25, -0.2) is 0 Å². The number of hydrogen-bond donors (Lipinski definition) is 2. The number of hydrogen-bond acceptors (Lipinski definition) is 2. The van der Waals surface area contributed by atoms with Crippen LogP contribution in [-0.4, -0.2) is 20.8 Å². The van der Waals surface area contributed by atoms with Crippen LogP contribution in [-0.2, 0) is 0 Å². The average Bonchev–Trinajstić information content (AvgIpc) is 3.76. The molecule has 0 bridgehead atoms. The summed E-state index contributed by atoms with van der Waals surface area (Å²) in [5.41, 5.74) is 9.02. The van der Waals surface area contributed by atoms with E-state index in [4.69, 9.17) is 0 Å². The number of amidine groups is 2. The third-order valence-corrected chi connectivity index (χ3v) is 10.4. The molecule has 0 aliphatic heterocycles. The van der Waals surface area contributed by atoms with Crippen LogP contribution in [0.1, 0.15) is 11.1 Å². The number of aromatic nitrogens is 2. The van der Waals surface area contributed by atoms with E-state index in [9.17, 15) is 10.8 Å². The molecule has 0 spiro atoms. The lowest BCUT2D eigenvalue weighted by molar-refractivity contribution is 1.18. The second-order valence-corrected chi connectivity index (χ2v) is 13.3. The van der Waals surface area contributed by atoms with E-state index in [1.54, 1.807) is 4.90 Å². The zero-order chi connectivity index (χ0) is 35.5. The van der Waals surface area contributed by atoms with Crippen molar-refractivity contribution in [3.63, 3.8) is 0 Å². The summed E-state index contributed by atoms with van der Waals surface area (Å²) in [6, 6.07) is 64.6. The molecule has 0 amide bonds. The van der Waals surface area contributed by atoms with Gasteiger partial charge in [0.15, 0.2) is 0 Å². The summed E-state index contributed by atoms with van der Waals surface area (Å²) in [5.74, 6) is 0.487. The van der Waals surface area contributed by atoms with Gasteiger partial charge in [0.05, 0.1) is 22.1 Å². The first-order valence-electron chi connectivity index (χ1n) is 17.8. The summed E-state index contributed by atoms with van der Waals surface area (Å²) in [4.78, 5) is 1.72. The van der Waals surface area contributed by atoms with Crippen LogP contribution >= 0.6 is 0 Å². The summed E-state index contributed by atoms with van der Waals surface area (Å²) in [6.45, 7) is 0. The highest BCUT2D eigenvalue weighted by Gasteiger charge is 2.22.